The molecule has 0 saturated carbocycles. The van der Waals surface area contributed by atoms with Crippen LogP contribution in [0, 0.1) is 0 Å². The minimum atomic E-state index is -0.398. The molecule has 0 spiro atoms. The average Bonchev–Trinajstić information content (AvgIpc) is 2.93. The van der Waals surface area contributed by atoms with Crippen molar-refractivity contribution in [3.8, 4) is 0 Å². The molecule has 0 aromatic heterocycles. The quantitative estimate of drug-likeness (QED) is 0.791. The SMILES string of the molecule is O=C1CNC(=O)N1c1ccccc1[C@@H]1CNCc2c(Cl)cc(Cl)cc21. The zero-order chi connectivity index (χ0) is 17.6. The van der Waals surface area contributed by atoms with Crippen LogP contribution in [0.4, 0.5) is 10.5 Å². The molecule has 1 fully saturated rings. The number of urea groups is 1. The second-order valence-corrected chi connectivity index (χ2v) is 6.93. The molecule has 128 valence electrons. The van der Waals surface area contributed by atoms with Gasteiger partial charge in [0, 0.05) is 29.1 Å². The van der Waals surface area contributed by atoms with Crippen molar-refractivity contribution in [3.05, 3.63) is 63.1 Å². The Kier molecular flexibility index (Phi) is 4.15. The lowest BCUT2D eigenvalue weighted by Crippen LogP contribution is -2.34. The fourth-order valence-electron chi connectivity index (χ4n) is 3.50. The van der Waals surface area contributed by atoms with E-state index in [0.29, 0.717) is 28.8 Å². The van der Waals surface area contributed by atoms with Gasteiger partial charge >= 0.3 is 6.03 Å². The summed E-state index contributed by atoms with van der Waals surface area (Å²) in [6.45, 7) is 1.35. The van der Waals surface area contributed by atoms with Gasteiger partial charge in [0.1, 0.15) is 0 Å². The number of fused-ring (bicyclic) bond motifs is 1. The highest BCUT2D eigenvalue weighted by Crippen LogP contribution is 2.39. The maximum Gasteiger partial charge on any atom is 0.329 e. The van der Waals surface area contributed by atoms with Crippen LogP contribution in [0.15, 0.2) is 36.4 Å². The van der Waals surface area contributed by atoms with Gasteiger partial charge in [0.25, 0.3) is 5.91 Å². The number of carbonyl (C=O) groups excluding carboxylic acids is 2. The molecule has 2 aromatic rings. The zero-order valence-electron chi connectivity index (χ0n) is 13.2. The fraction of sp³-hybridized carbons (Fsp3) is 0.222. The maximum atomic E-state index is 12.2. The van der Waals surface area contributed by atoms with E-state index in [4.69, 9.17) is 23.2 Å². The molecule has 0 radical (unpaired) electrons. The number of hydrogen-bond donors (Lipinski definition) is 2. The van der Waals surface area contributed by atoms with Crippen molar-refractivity contribution in [3.63, 3.8) is 0 Å². The van der Waals surface area contributed by atoms with Gasteiger partial charge in [-0.2, -0.15) is 0 Å². The summed E-state index contributed by atoms with van der Waals surface area (Å²) in [5, 5.41) is 7.11. The van der Waals surface area contributed by atoms with E-state index in [9.17, 15) is 9.59 Å². The molecule has 2 aliphatic rings. The number of amides is 3. The molecule has 0 aliphatic carbocycles. The summed E-state index contributed by atoms with van der Waals surface area (Å²) in [6, 6.07) is 10.7. The van der Waals surface area contributed by atoms with Crippen molar-refractivity contribution < 1.29 is 9.59 Å². The molecule has 2 aromatic carbocycles. The molecular formula is C18H15Cl2N3O2. The average molecular weight is 376 g/mol. The lowest BCUT2D eigenvalue weighted by Gasteiger charge is -2.30. The van der Waals surface area contributed by atoms with Gasteiger partial charge in [-0.15, -0.1) is 0 Å². The first-order chi connectivity index (χ1) is 12.1. The summed E-state index contributed by atoms with van der Waals surface area (Å²) in [4.78, 5) is 25.5. The molecule has 4 rings (SSSR count). The van der Waals surface area contributed by atoms with Crippen LogP contribution in [-0.2, 0) is 11.3 Å². The number of benzene rings is 2. The zero-order valence-corrected chi connectivity index (χ0v) is 14.7. The Bertz CT molecular complexity index is 869. The van der Waals surface area contributed by atoms with E-state index in [1.165, 1.54) is 4.90 Å². The number of rotatable bonds is 2. The Balaban J connectivity index is 1.86. The highest BCUT2D eigenvalue weighted by molar-refractivity contribution is 6.35. The molecule has 7 heteroatoms. The summed E-state index contributed by atoms with van der Waals surface area (Å²) in [5.74, 6) is -0.317. The third kappa shape index (κ3) is 2.78. The Morgan fingerprint density at radius 2 is 1.84 bits per heavy atom. The van der Waals surface area contributed by atoms with Gasteiger partial charge < -0.3 is 10.6 Å². The summed E-state index contributed by atoms with van der Waals surface area (Å²) in [6.07, 6.45) is 0. The summed E-state index contributed by atoms with van der Waals surface area (Å²) in [7, 11) is 0. The van der Waals surface area contributed by atoms with Crippen LogP contribution >= 0.6 is 23.2 Å². The van der Waals surface area contributed by atoms with Crippen molar-refractivity contribution in [2.24, 2.45) is 0 Å². The van der Waals surface area contributed by atoms with E-state index in [1.54, 1.807) is 12.1 Å². The molecule has 2 aliphatic heterocycles. The summed E-state index contributed by atoms with van der Waals surface area (Å²) < 4.78 is 0. The number of carbonyl (C=O) groups is 2. The van der Waals surface area contributed by atoms with E-state index in [-0.39, 0.29) is 18.4 Å². The fourth-order valence-corrected chi connectivity index (χ4v) is 4.08. The molecule has 0 unspecified atom stereocenters. The molecule has 1 saturated heterocycles. The van der Waals surface area contributed by atoms with E-state index in [2.05, 4.69) is 10.6 Å². The van der Waals surface area contributed by atoms with E-state index in [1.807, 2.05) is 24.3 Å². The minimum Gasteiger partial charge on any atom is -0.328 e. The van der Waals surface area contributed by atoms with Gasteiger partial charge in [0.05, 0.1) is 12.2 Å². The van der Waals surface area contributed by atoms with Gasteiger partial charge in [0.15, 0.2) is 0 Å². The highest BCUT2D eigenvalue weighted by atomic mass is 35.5. The van der Waals surface area contributed by atoms with Crippen molar-refractivity contribution in [2.75, 3.05) is 18.0 Å². The van der Waals surface area contributed by atoms with Crippen molar-refractivity contribution in [2.45, 2.75) is 12.5 Å². The van der Waals surface area contributed by atoms with Gasteiger partial charge in [-0.3, -0.25) is 4.79 Å². The molecule has 2 heterocycles. The Labute approximate surface area is 154 Å². The molecule has 1 atom stereocenters. The Hall–Kier alpha value is -2.08. The lowest BCUT2D eigenvalue weighted by molar-refractivity contribution is -0.115. The monoisotopic (exact) mass is 375 g/mol. The second-order valence-electron chi connectivity index (χ2n) is 6.09. The van der Waals surface area contributed by atoms with Crippen molar-refractivity contribution in [1.29, 1.82) is 0 Å². The first-order valence-corrected chi connectivity index (χ1v) is 8.70. The molecule has 5 nitrogen and oxygen atoms in total. The Morgan fingerprint density at radius 3 is 2.60 bits per heavy atom. The number of nitrogens with zero attached hydrogens (tertiary/aromatic N) is 1. The lowest BCUT2D eigenvalue weighted by atomic mass is 9.84. The van der Waals surface area contributed by atoms with Crippen LogP contribution < -0.4 is 15.5 Å². The van der Waals surface area contributed by atoms with Gasteiger partial charge in [-0.1, -0.05) is 41.4 Å². The van der Waals surface area contributed by atoms with Crippen molar-refractivity contribution >= 4 is 40.8 Å². The number of halogens is 2. The number of para-hydroxylation sites is 1. The van der Waals surface area contributed by atoms with Gasteiger partial charge in [0.2, 0.25) is 0 Å². The Morgan fingerprint density at radius 1 is 1.04 bits per heavy atom. The van der Waals surface area contributed by atoms with Gasteiger partial charge in [-0.05, 0) is 34.9 Å². The van der Waals surface area contributed by atoms with Crippen LogP contribution in [0.2, 0.25) is 10.0 Å². The van der Waals surface area contributed by atoms with Gasteiger partial charge in [-0.25, -0.2) is 9.69 Å². The smallest absolute Gasteiger partial charge is 0.328 e. The first-order valence-electron chi connectivity index (χ1n) is 7.94. The largest absolute Gasteiger partial charge is 0.329 e. The van der Waals surface area contributed by atoms with Crippen LogP contribution in [0.5, 0.6) is 0 Å². The molecule has 0 bridgehead atoms. The minimum absolute atomic E-state index is 0.0182. The molecule has 2 N–H and O–H groups in total. The third-order valence-electron chi connectivity index (χ3n) is 4.62. The standard InChI is InChI=1S/C18H15Cl2N3O2/c19-10-5-12-13(7-21-8-14(12)15(20)6-10)11-3-1-2-4-16(11)23-17(24)9-22-18(23)25/h1-6,13,21H,7-9H2,(H,22,25)/t13-/m0/s1. The van der Waals surface area contributed by atoms with Crippen LogP contribution in [0.3, 0.4) is 0 Å². The summed E-state index contributed by atoms with van der Waals surface area (Å²) in [5.41, 5.74) is 3.50. The number of anilines is 1. The van der Waals surface area contributed by atoms with Crippen LogP contribution in [0.1, 0.15) is 22.6 Å². The first kappa shape index (κ1) is 16.4. The topological polar surface area (TPSA) is 61.4 Å². The van der Waals surface area contributed by atoms with E-state index >= 15 is 0 Å². The number of nitrogens with one attached hydrogen (secondary N) is 2. The normalized spacial score (nSPS) is 19.8. The third-order valence-corrected chi connectivity index (χ3v) is 5.17. The molecule has 3 amide bonds. The number of hydrogen-bond acceptors (Lipinski definition) is 3. The van der Waals surface area contributed by atoms with E-state index < -0.39 is 6.03 Å². The van der Waals surface area contributed by atoms with Crippen LogP contribution in [0.25, 0.3) is 0 Å². The van der Waals surface area contributed by atoms with Crippen LogP contribution in [-0.4, -0.2) is 25.0 Å². The second kappa shape index (κ2) is 6.33. The predicted molar refractivity (Wildman–Crippen MR) is 97.3 cm³/mol. The van der Waals surface area contributed by atoms with Crippen molar-refractivity contribution in [1.82, 2.24) is 10.6 Å². The number of imide groups is 1. The van der Waals surface area contributed by atoms with E-state index in [0.717, 1.165) is 16.7 Å². The molecular weight excluding hydrogens is 361 g/mol. The highest BCUT2D eigenvalue weighted by Gasteiger charge is 2.34. The predicted octanol–water partition coefficient (Wildman–Crippen LogP) is 3.28. The maximum absolute atomic E-state index is 12.2. The summed E-state index contributed by atoms with van der Waals surface area (Å²) >= 11 is 12.6. The molecule has 25 heavy (non-hydrogen) atoms.